The topological polar surface area (TPSA) is 59.4 Å². The van der Waals surface area contributed by atoms with E-state index < -0.39 is 0 Å². The minimum absolute atomic E-state index is 0.00884. The summed E-state index contributed by atoms with van der Waals surface area (Å²) in [6.45, 7) is 2.21. The summed E-state index contributed by atoms with van der Waals surface area (Å²) in [6, 6.07) is 0. The second-order valence-electron chi connectivity index (χ2n) is 2.14. The molecule has 0 saturated heterocycles. The van der Waals surface area contributed by atoms with Crippen LogP contribution >= 0.6 is 0 Å². The van der Waals surface area contributed by atoms with Gasteiger partial charge in [-0.05, 0) is 6.92 Å². The van der Waals surface area contributed by atoms with Gasteiger partial charge in [0.05, 0.1) is 13.0 Å². The number of ether oxygens (including phenoxy) is 2. The number of Topliss-reactive ketones (excluding diaryl/α,β-unsaturated/α-hetero) is 1. The van der Waals surface area contributed by atoms with Gasteiger partial charge >= 0.3 is 0 Å². The van der Waals surface area contributed by atoms with Gasteiger partial charge in [0.2, 0.25) is 0 Å². The number of methoxy groups -OCH3 is 1. The Bertz CT molecular complexity index is 145. The minimum Gasteiger partial charge on any atom is -0.478 e. The standard InChI is InChI=1S/C7H13NO3/c1-6(9)5-7(8)11-4-3-10-2/h8H,3-5H2,1-2H3. The monoisotopic (exact) mass is 159 g/mol. The highest BCUT2D eigenvalue weighted by atomic mass is 16.5. The van der Waals surface area contributed by atoms with Crippen molar-refractivity contribution in [2.45, 2.75) is 13.3 Å². The molecule has 0 aliphatic heterocycles. The second-order valence-corrected chi connectivity index (χ2v) is 2.14. The molecule has 1 N–H and O–H groups in total. The van der Waals surface area contributed by atoms with Crippen LogP contribution in [-0.2, 0) is 14.3 Å². The lowest BCUT2D eigenvalue weighted by molar-refractivity contribution is -0.116. The normalized spacial score (nSPS) is 9.27. The third-order valence-electron chi connectivity index (χ3n) is 0.973. The molecular weight excluding hydrogens is 146 g/mol. The average molecular weight is 159 g/mol. The van der Waals surface area contributed by atoms with Gasteiger partial charge in [-0.1, -0.05) is 0 Å². The molecule has 0 aliphatic carbocycles. The summed E-state index contributed by atoms with van der Waals surface area (Å²) in [6.07, 6.45) is 0.0731. The van der Waals surface area contributed by atoms with E-state index in [4.69, 9.17) is 14.9 Å². The molecule has 4 heteroatoms. The molecular formula is C7H13NO3. The molecule has 0 aromatic rings. The van der Waals surface area contributed by atoms with Gasteiger partial charge in [-0.25, -0.2) is 0 Å². The van der Waals surface area contributed by atoms with Crippen LogP contribution in [0.1, 0.15) is 13.3 Å². The average Bonchev–Trinajstić information content (AvgIpc) is 1.86. The Balaban J connectivity index is 3.30. The van der Waals surface area contributed by atoms with Crippen LogP contribution in [0.5, 0.6) is 0 Å². The lowest BCUT2D eigenvalue weighted by Gasteiger charge is -2.03. The largest absolute Gasteiger partial charge is 0.478 e. The Morgan fingerprint density at radius 2 is 2.09 bits per heavy atom. The van der Waals surface area contributed by atoms with E-state index in [0.717, 1.165) is 0 Å². The molecule has 4 nitrogen and oxygen atoms in total. The van der Waals surface area contributed by atoms with E-state index in [9.17, 15) is 4.79 Å². The number of rotatable bonds is 5. The lowest BCUT2D eigenvalue weighted by atomic mass is 10.3. The van der Waals surface area contributed by atoms with Crippen molar-refractivity contribution in [1.29, 1.82) is 5.41 Å². The zero-order valence-corrected chi connectivity index (χ0v) is 6.85. The van der Waals surface area contributed by atoms with Gasteiger partial charge in [0.1, 0.15) is 12.4 Å². The third kappa shape index (κ3) is 6.99. The summed E-state index contributed by atoms with van der Waals surface area (Å²) in [5.74, 6) is -0.0537. The maximum Gasteiger partial charge on any atom is 0.187 e. The van der Waals surface area contributed by atoms with Crippen LogP contribution in [0, 0.1) is 5.41 Å². The summed E-state index contributed by atoms with van der Waals surface area (Å²) < 4.78 is 9.52. The van der Waals surface area contributed by atoms with Crippen LogP contribution in [0.3, 0.4) is 0 Å². The van der Waals surface area contributed by atoms with E-state index in [1.54, 1.807) is 7.11 Å². The van der Waals surface area contributed by atoms with Crippen molar-refractivity contribution in [3.8, 4) is 0 Å². The van der Waals surface area contributed by atoms with Crippen LogP contribution in [0.2, 0.25) is 0 Å². The van der Waals surface area contributed by atoms with E-state index in [0.29, 0.717) is 13.2 Å². The first-order valence-corrected chi connectivity index (χ1v) is 3.35. The molecule has 0 bridgehead atoms. The predicted molar refractivity (Wildman–Crippen MR) is 40.9 cm³/mol. The van der Waals surface area contributed by atoms with Crippen molar-refractivity contribution >= 4 is 11.7 Å². The summed E-state index contributed by atoms with van der Waals surface area (Å²) in [7, 11) is 1.55. The fourth-order valence-electron chi connectivity index (χ4n) is 0.525. The molecule has 0 radical (unpaired) electrons. The smallest absolute Gasteiger partial charge is 0.187 e. The molecule has 0 aromatic carbocycles. The van der Waals surface area contributed by atoms with Gasteiger partial charge in [-0.2, -0.15) is 0 Å². The summed E-state index contributed by atoms with van der Waals surface area (Å²) >= 11 is 0. The number of hydrogen-bond donors (Lipinski definition) is 1. The molecule has 0 heterocycles. The molecule has 0 atom stereocenters. The van der Waals surface area contributed by atoms with Crippen molar-refractivity contribution in [3.05, 3.63) is 0 Å². The van der Waals surface area contributed by atoms with Crippen molar-refractivity contribution in [3.63, 3.8) is 0 Å². The minimum atomic E-state index is -0.0626. The van der Waals surface area contributed by atoms with E-state index >= 15 is 0 Å². The maximum atomic E-state index is 10.4. The Labute approximate surface area is 66.0 Å². The highest BCUT2D eigenvalue weighted by molar-refractivity contribution is 5.95. The number of carbonyl (C=O) groups is 1. The Morgan fingerprint density at radius 1 is 1.45 bits per heavy atom. The number of nitrogens with one attached hydrogen (secondary N) is 1. The van der Waals surface area contributed by atoms with E-state index in [-0.39, 0.29) is 18.1 Å². The number of carbonyl (C=O) groups excluding carboxylic acids is 1. The molecule has 0 aromatic heterocycles. The van der Waals surface area contributed by atoms with Gasteiger partial charge < -0.3 is 9.47 Å². The van der Waals surface area contributed by atoms with Gasteiger partial charge in [0.15, 0.2) is 5.90 Å². The number of hydrogen-bond acceptors (Lipinski definition) is 4. The molecule has 0 fully saturated rings. The van der Waals surface area contributed by atoms with Gasteiger partial charge in [0, 0.05) is 7.11 Å². The van der Waals surface area contributed by atoms with Crippen molar-refractivity contribution in [1.82, 2.24) is 0 Å². The number of ketones is 1. The Morgan fingerprint density at radius 3 is 2.55 bits per heavy atom. The van der Waals surface area contributed by atoms with Crippen LogP contribution in [0.25, 0.3) is 0 Å². The molecule has 0 rings (SSSR count). The molecule has 0 spiro atoms. The van der Waals surface area contributed by atoms with Gasteiger partial charge in [-0.3, -0.25) is 10.2 Å². The zero-order valence-electron chi connectivity index (χ0n) is 6.85. The van der Waals surface area contributed by atoms with Crippen molar-refractivity contribution in [2.24, 2.45) is 0 Å². The molecule has 0 aliphatic rings. The van der Waals surface area contributed by atoms with Crippen LogP contribution in [0.15, 0.2) is 0 Å². The molecule has 64 valence electrons. The van der Waals surface area contributed by atoms with Crippen LogP contribution < -0.4 is 0 Å². The fourth-order valence-corrected chi connectivity index (χ4v) is 0.525. The van der Waals surface area contributed by atoms with Crippen LogP contribution in [0.4, 0.5) is 0 Å². The summed E-state index contributed by atoms with van der Waals surface area (Å²) in [5.41, 5.74) is 0. The highest BCUT2D eigenvalue weighted by Gasteiger charge is 2.00. The zero-order chi connectivity index (χ0) is 8.69. The molecule has 0 amide bonds. The Hall–Kier alpha value is -0.900. The molecule has 0 unspecified atom stereocenters. The third-order valence-corrected chi connectivity index (χ3v) is 0.973. The first-order valence-electron chi connectivity index (χ1n) is 3.35. The van der Waals surface area contributed by atoms with Gasteiger partial charge in [0.25, 0.3) is 0 Å². The summed E-state index contributed by atoms with van der Waals surface area (Å²) in [5, 5.41) is 7.10. The van der Waals surface area contributed by atoms with E-state index in [1.807, 2.05) is 0 Å². The van der Waals surface area contributed by atoms with Gasteiger partial charge in [-0.15, -0.1) is 0 Å². The fraction of sp³-hybridized carbons (Fsp3) is 0.714. The maximum absolute atomic E-state index is 10.4. The van der Waals surface area contributed by atoms with Crippen LogP contribution in [-0.4, -0.2) is 32.0 Å². The predicted octanol–water partition coefficient (Wildman–Crippen LogP) is 0.606. The molecule has 11 heavy (non-hydrogen) atoms. The van der Waals surface area contributed by atoms with Crippen molar-refractivity contribution < 1.29 is 14.3 Å². The molecule has 0 saturated carbocycles. The van der Waals surface area contributed by atoms with E-state index in [1.165, 1.54) is 6.92 Å². The lowest BCUT2D eigenvalue weighted by Crippen LogP contribution is -2.11. The van der Waals surface area contributed by atoms with Crippen molar-refractivity contribution in [2.75, 3.05) is 20.3 Å². The summed E-state index contributed by atoms with van der Waals surface area (Å²) in [4.78, 5) is 10.4. The first kappa shape index (κ1) is 10.1. The van der Waals surface area contributed by atoms with E-state index in [2.05, 4.69) is 0 Å². The Kier molecular flexibility index (Phi) is 5.37. The highest BCUT2D eigenvalue weighted by Crippen LogP contribution is 1.88. The SMILES string of the molecule is COCCOC(=N)CC(C)=O. The first-order chi connectivity index (χ1) is 5.16. The second kappa shape index (κ2) is 5.85. The quantitative estimate of drug-likeness (QED) is 0.363.